The van der Waals surface area contributed by atoms with Crippen LogP contribution in [0.4, 0.5) is 13.2 Å². The Balaban J connectivity index is 1.47. The van der Waals surface area contributed by atoms with Crippen molar-refractivity contribution < 1.29 is 40.5 Å². The van der Waals surface area contributed by atoms with Crippen molar-refractivity contribution in [2.75, 3.05) is 13.2 Å². The summed E-state index contributed by atoms with van der Waals surface area (Å²) in [6.07, 6.45) is -8.14. The topological polar surface area (TPSA) is 74.3 Å². The lowest BCUT2D eigenvalue weighted by molar-refractivity contribution is -0.278. The average Bonchev–Trinajstić information content (AvgIpc) is 3.17. The number of rotatable bonds is 4. The van der Waals surface area contributed by atoms with E-state index in [1.807, 2.05) is 60.7 Å². The molecule has 3 aliphatic rings. The average molecular weight is 497 g/mol. The number of fused-ring (bicyclic) bond motifs is 3. The lowest BCUT2D eigenvalue weighted by Gasteiger charge is -2.37. The molecule has 0 N–H and O–H groups in total. The third kappa shape index (κ3) is 4.64. The molecule has 3 saturated heterocycles. The van der Waals surface area contributed by atoms with Crippen LogP contribution in [0.3, 0.4) is 0 Å². The van der Waals surface area contributed by atoms with Crippen molar-refractivity contribution in [2.24, 2.45) is 0 Å². The van der Waals surface area contributed by atoms with Crippen LogP contribution in [-0.4, -0.2) is 56.4 Å². The highest BCUT2D eigenvalue weighted by Crippen LogP contribution is 2.44. The highest BCUT2D eigenvalue weighted by Gasteiger charge is 2.59. The van der Waals surface area contributed by atoms with Crippen molar-refractivity contribution in [3.05, 3.63) is 83.3 Å². The summed E-state index contributed by atoms with van der Waals surface area (Å²) >= 11 is 0. The van der Waals surface area contributed by atoms with Crippen LogP contribution in [0.5, 0.6) is 0 Å². The first kappa shape index (κ1) is 23.5. The first-order chi connectivity index (χ1) is 16.2. The molecule has 0 bridgehead atoms. The molecule has 2 aromatic rings. The van der Waals surface area contributed by atoms with Gasteiger partial charge in [0.05, 0.1) is 30.7 Å². The third-order valence-electron chi connectivity index (χ3n) is 6.00. The van der Waals surface area contributed by atoms with Crippen molar-refractivity contribution in [2.45, 2.75) is 43.0 Å². The van der Waals surface area contributed by atoms with Gasteiger partial charge in [-0.25, -0.2) is 8.42 Å². The van der Waals surface area contributed by atoms with Gasteiger partial charge in [-0.3, -0.25) is 0 Å². The minimum Gasteiger partial charge on any atom is -0.347 e. The molecular formula is C23H22F3NO6S. The number of benzene rings is 2. The molecule has 3 aliphatic heterocycles. The predicted octanol–water partition coefficient (Wildman–Crippen LogP) is 3.67. The molecular weight excluding hydrogens is 475 g/mol. The summed E-state index contributed by atoms with van der Waals surface area (Å²) in [6.45, 7) is -0.147. The zero-order valence-corrected chi connectivity index (χ0v) is 18.6. The molecule has 182 valence electrons. The van der Waals surface area contributed by atoms with E-state index in [-0.39, 0.29) is 24.7 Å². The molecule has 3 fully saturated rings. The van der Waals surface area contributed by atoms with Gasteiger partial charge < -0.3 is 18.9 Å². The van der Waals surface area contributed by atoms with Crippen LogP contribution in [0.25, 0.3) is 0 Å². The number of alkyl halides is 3. The summed E-state index contributed by atoms with van der Waals surface area (Å²) in [4.78, 5) is 0. The normalized spacial score (nSPS) is 32.4. The van der Waals surface area contributed by atoms with Crippen molar-refractivity contribution in [1.82, 2.24) is 4.31 Å². The van der Waals surface area contributed by atoms with Crippen LogP contribution < -0.4 is 0 Å². The Labute approximate surface area is 194 Å². The van der Waals surface area contributed by atoms with E-state index in [9.17, 15) is 21.6 Å². The van der Waals surface area contributed by atoms with E-state index in [4.69, 9.17) is 18.9 Å². The van der Waals surface area contributed by atoms with E-state index >= 15 is 0 Å². The van der Waals surface area contributed by atoms with Crippen LogP contribution in [0.1, 0.15) is 23.7 Å². The molecule has 0 amide bonds. The molecule has 2 aromatic carbocycles. The SMILES string of the molecule is O=S(=O)(/C=C/C(F)(F)F)N1[C@H]2CO[C@@H](c3ccccc3)O[C@H]2[C@@H]2O[C@H](c3ccccc3)OC[C@@H]21. The number of allylic oxidation sites excluding steroid dienone is 1. The fourth-order valence-corrected chi connectivity index (χ4v) is 6.15. The summed E-state index contributed by atoms with van der Waals surface area (Å²) in [5.74, 6) is 0. The highest BCUT2D eigenvalue weighted by molar-refractivity contribution is 7.92. The summed E-state index contributed by atoms with van der Waals surface area (Å²) in [6, 6.07) is 16.5. The van der Waals surface area contributed by atoms with Gasteiger partial charge in [-0.1, -0.05) is 60.7 Å². The van der Waals surface area contributed by atoms with Gasteiger partial charge >= 0.3 is 6.18 Å². The van der Waals surface area contributed by atoms with Crippen molar-refractivity contribution in [3.63, 3.8) is 0 Å². The first-order valence-corrected chi connectivity index (χ1v) is 12.2. The fraction of sp³-hybridized carbons (Fsp3) is 0.391. The lowest BCUT2D eigenvalue weighted by Crippen LogP contribution is -2.49. The van der Waals surface area contributed by atoms with Crippen LogP contribution in [0.15, 0.2) is 72.1 Å². The Morgan fingerprint density at radius 1 is 0.794 bits per heavy atom. The van der Waals surface area contributed by atoms with Gasteiger partial charge in [0.2, 0.25) is 10.0 Å². The molecule has 0 aromatic heterocycles. The minimum absolute atomic E-state index is 0.0737. The summed E-state index contributed by atoms with van der Waals surface area (Å²) < 4.78 is 89.2. The van der Waals surface area contributed by atoms with Gasteiger partial charge in [0.25, 0.3) is 0 Å². The maximum absolute atomic E-state index is 13.0. The van der Waals surface area contributed by atoms with Crippen LogP contribution >= 0.6 is 0 Å². The number of ether oxygens (including phenoxy) is 4. The van der Waals surface area contributed by atoms with E-state index in [0.717, 1.165) is 15.4 Å². The van der Waals surface area contributed by atoms with E-state index in [1.54, 1.807) is 0 Å². The van der Waals surface area contributed by atoms with Gasteiger partial charge in [0, 0.05) is 17.2 Å². The van der Waals surface area contributed by atoms with Gasteiger partial charge in [-0.2, -0.15) is 17.5 Å². The molecule has 11 heteroatoms. The molecule has 0 saturated carbocycles. The number of nitrogens with zero attached hydrogens (tertiary/aromatic N) is 1. The first-order valence-electron chi connectivity index (χ1n) is 10.7. The van der Waals surface area contributed by atoms with E-state index in [1.165, 1.54) is 0 Å². The van der Waals surface area contributed by atoms with Crippen molar-refractivity contribution in [3.8, 4) is 0 Å². The van der Waals surface area contributed by atoms with Gasteiger partial charge in [0.1, 0.15) is 12.2 Å². The highest BCUT2D eigenvalue weighted by atomic mass is 32.2. The maximum atomic E-state index is 13.0. The summed E-state index contributed by atoms with van der Waals surface area (Å²) in [5, 5.41) is 0.166. The third-order valence-corrected chi connectivity index (χ3v) is 7.61. The second-order valence-electron chi connectivity index (χ2n) is 8.21. The predicted molar refractivity (Wildman–Crippen MR) is 114 cm³/mol. The largest absolute Gasteiger partial charge is 0.410 e. The zero-order valence-electron chi connectivity index (χ0n) is 17.7. The number of hydrogen-bond donors (Lipinski definition) is 0. The second-order valence-corrected chi connectivity index (χ2v) is 9.93. The number of hydrogen-bond acceptors (Lipinski definition) is 6. The Bertz CT molecular complexity index is 1060. The quantitative estimate of drug-likeness (QED) is 0.642. The van der Waals surface area contributed by atoms with Gasteiger partial charge in [0.15, 0.2) is 12.6 Å². The molecule has 0 radical (unpaired) electrons. The van der Waals surface area contributed by atoms with Crippen LogP contribution in [0.2, 0.25) is 0 Å². The van der Waals surface area contributed by atoms with E-state index in [0.29, 0.717) is 0 Å². The van der Waals surface area contributed by atoms with Crippen LogP contribution in [0, 0.1) is 0 Å². The van der Waals surface area contributed by atoms with Crippen molar-refractivity contribution in [1.29, 1.82) is 0 Å². The monoisotopic (exact) mass is 497 g/mol. The Hall–Kier alpha value is -2.28. The van der Waals surface area contributed by atoms with Gasteiger partial charge in [-0.15, -0.1) is 0 Å². The Morgan fingerprint density at radius 3 is 1.65 bits per heavy atom. The lowest BCUT2D eigenvalue weighted by atomic mass is 10.0. The summed E-state index contributed by atoms with van der Waals surface area (Å²) in [5.41, 5.74) is 1.48. The van der Waals surface area contributed by atoms with Crippen LogP contribution in [-0.2, 0) is 29.0 Å². The second kappa shape index (κ2) is 9.06. The molecule has 5 rings (SSSR count). The maximum Gasteiger partial charge on any atom is 0.410 e. The minimum atomic E-state index is -4.78. The zero-order chi connectivity index (χ0) is 23.9. The van der Waals surface area contributed by atoms with E-state index < -0.39 is 53.1 Å². The fourth-order valence-electron chi connectivity index (χ4n) is 4.56. The summed E-state index contributed by atoms with van der Waals surface area (Å²) in [7, 11) is -4.49. The van der Waals surface area contributed by atoms with Crippen molar-refractivity contribution >= 4 is 10.0 Å². The van der Waals surface area contributed by atoms with Gasteiger partial charge in [-0.05, 0) is 0 Å². The molecule has 0 spiro atoms. The van der Waals surface area contributed by atoms with E-state index in [2.05, 4.69) is 0 Å². The Kier molecular flexibility index (Phi) is 6.25. The molecule has 0 aliphatic carbocycles. The molecule has 34 heavy (non-hydrogen) atoms. The molecule has 6 atom stereocenters. The number of sulfonamides is 1. The molecule has 7 nitrogen and oxygen atoms in total. The smallest absolute Gasteiger partial charge is 0.347 e. The standard InChI is InChI=1S/C23H22F3NO6S/c24-23(25,26)11-12-34(28,29)27-17-13-30-21(15-7-3-1-4-8-15)32-19(17)20-18(27)14-31-22(33-20)16-9-5-2-6-10-16/h1-12,17-22H,13-14H2/b12-11+/t17-,18-,19+,20+,21+,22+/m0/s1. The molecule has 0 unspecified atom stereocenters. The molecule has 3 heterocycles. The Morgan fingerprint density at radius 2 is 1.24 bits per heavy atom. The number of halogens is 3.